The largest absolute Gasteiger partial charge is 0.346 e. The third-order valence-electron chi connectivity index (χ3n) is 4.84. The maximum atomic E-state index is 12.5. The molecule has 0 atom stereocenters. The monoisotopic (exact) mass is 395 g/mol. The molecule has 0 spiro atoms. The van der Waals surface area contributed by atoms with Crippen LogP contribution in [0.3, 0.4) is 0 Å². The summed E-state index contributed by atoms with van der Waals surface area (Å²) in [5, 5.41) is 17.1. The Hall–Kier alpha value is -4.11. The number of amides is 1. The lowest BCUT2D eigenvalue weighted by Gasteiger charge is -2.07. The highest BCUT2D eigenvalue weighted by Crippen LogP contribution is 2.23. The maximum Gasteiger partial charge on any atom is 0.249 e. The van der Waals surface area contributed by atoms with E-state index in [0.29, 0.717) is 25.3 Å². The van der Waals surface area contributed by atoms with Crippen LogP contribution in [-0.2, 0) is 17.9 Å². The van der Waals surface area contributed by atoms with E-state index in [-0.39, 0.29) is 5.91 Å². The van der Waals surface area contributed by atoms with E-state index < -0.39 is 0 Å². The molecule has 0 aliphatic carbocycles. The van der Waals surface area contributed by atoms with Crippen LogP contribution in [-0.4, -0.2) is 20.3 Å². The van der Waals surface area contributed by atoms with Crippen LogP contribution >= 0.6 is 0 Å². The molecule has 4 aromatic rings. The highest BCUT2D eigenvalue weighted by Gasteiger charge is 2.08. The van der Waals surface area contributed by atoms with Crippen LogP contribution in [0.15, 0.2) is 79.1 Å². The van der Waals surface area contributed by atoms with Crippen LogP contribution < -0.4 is 5.32 Å². The lowest BCUT2D eigenvalue weighted by atomic mass is 10.1. The van der Waals surface area contributed by atoms with Crippen molar-refractivity contribution >= 4 is 28.7 Å². The standard InChI is InChI=1S/C24H21N5O/c25-14-6-16-28-18-20(21-9-4-5-10-22(21)28)11-12-24(30)27-23-13-15-26-29(23)17-19-7-2-1-3-8-19/h1-5,7-13,15,18H,6,16-17H2,(H,27,30)/b12-11+. The molecule has 6 nitrogen and oxygen atoms in total. The van der Waals surface area contributed by atoms with Crippen LogP contribution in [0.2, 0.25) is 0 Å². The third kappa shape index (κ3) is 4.31. The number of hydrogen-bond donors (Lipinski definition) is 1. The Balaban J connectivity index is 1.49. The number of nitriles is 1. The van der Waals surface area contributed by atoms with E-state index in [2.05, 4.69) is 16.5 Å². The molecule has 0 saturated carbocycles. The summed E-state index contributed by atoms with van der Waals surface area (Å²) in [6.07, 6.45) is 7.42. The van der Waals surface area contributed by atoms with E-state index in [1.165, 1.54) is 6.08 Å². The second-order valence-corrected chi connectivity index (χ2v) is 6.89. The fourth-order valence-corrected chi connectivity index (χ4v) is 3.42. The number of benzene rings is 2. The summed E-state index contributed by atoms with van der Waals surface area (Å²) in [4.78, 5) is 12.5. The van der Waals surface area contributed by atoms with Crippen molar-refractivity contribution in [1.82, 2.24) is 14.3 Å². The van der Waals surface area contributed by atoms with Gasteiger partial charge < -0.3 is 9.88 Å². The van der Waals surface area contributed by atoms with Crippen LogP contribution in [0.5, 0.6) is 0 Å². The fourth-order valence-electron chi connectivity index (χ4n) is 3.42. The molecular weight excluding hydrogens is 374 g/mol. The van der Waals surface area contributed by atoms with Gasteiger partial charge in [0, 0.05) is 41.4 Å². The number of carbonyl (C=O) groups is 1. The first-order chi connectivity index (χ1) is 14.7. The van der Waals surface area contributed by atoms with Gasteiger partial charge in [0.25, 0.3) is 0 Å². The molecule has 30 heavy (non-hydrogen) atoms. The number of nitrogens with zero attached hydrogens (tertiary/aromatic N) is 4. The zero-order valence-corrected chi connectivity index (χ0v) is 16.4. The van der Waals surface area contributed by atoms with Gasteiger partial charge in [-0.15, -0.1) is 0 Å². The van der Waals surface area contributed by atoms with Crippen LogP contribution in [0.1, 0.15) is 17.5 Å². The topological polar surface area (TPSA) is 75.6 Å². The Morgan fingerprint density at radius 1 is 1.10 bits per heavy atom. The van der Waals surface area contributed by atoms with Gasteiger partial charge in [-0.05, 0) is 17.7 Å². The van der Waals surface area contributed by atoms with E-state index >= 15 is 0 Å². The Morgan fingerprint density at radius 3 is 2.73 bits per heavy atom. The third-order valence-corrected chi connectivity index (χ3v) is 4.84. The van der Waals surface area contributed by atoms with Crippen molar-refractivity contribution in [2.24, 2.45) is 0 Å². The van der Waals surface area contributed by atoms with Gasteiger partial charge in [0.15, 0.2) is 0 Å². The molecule has 2 heterocycles. The molecule has 6 heteroatoms. The van der Waals surface area contributed by atoms with Crippen molar-refractivity contribution in [1.29, 1.82) is 5.26 Å². The normalized spacial score (nSPS) is 11.0. The van der Waals surface area contributed by atoms with Crippen LogP contribution in [0.4, 0.5) is 5.82 Å². The molecule has 1 amide bonds. The van der Waals surface area contributed by atoms with E-state index in [1.807, 2.05) is 65.4 Å². The molecule has 4 rings (SSSR count). The minimum Gasteiger partial charge on any atom is -0.346 e. The quantitative estimate of drug-likeness (QED) is 0.470. The molecule has 148 valence electrons. The zero-order valence-electron chi connectivity index (χ0n) is 16.4. The van der Waals surface area contributed by atoms with E-state index in [0.717, 1.165) is 22.0 Å². The van der Waals surface area contributed by atoms with Gasteiger partial charge in [-0.3, -0.25) is 4.79 Å². The predicted molar refractivity (Wildman–Crippen MR) is 118 cm³/mol. The van der Waals surface area contributed by atoms with E-state index in [9.17, 15) is 4.79 Å². The SMILES string of the molecule is N#CCCn1cc(/C=C/C(=O)Nc2ccnn2Cc2ccccc2)c2ccccc21. The van der Waals surface area contributed by atoms with Crippen LogP contribution in [0.25, 0.3) is 17.0 Å². The number of nitrogens with one attached hydrogen (secondary N) is 1. The Bertz CT molecular complexity index is 1230. The number of para-hydroxylation sites is 1. The van der Waals surface area contributed by atoms with Gasteiger partial charge in [-0.2, -0.15) is 10.4 Å². The van der Waals surface area contributed by atoms with E-state index in [4.69, 9.17) is 5.26 Å². The smallest absolute Gasteiger partial charge is 0.249 e. The molecule has 1 N–H and O–H groups in total. The first-order valence-corrected chi connectivity index (χ1v) is 9.74. The summed E-state index contributed by atoms with van der Waals surface area (Å²) in [5.74, 6) is 0.420. The lowest BCUT2D eigenvalue weighted by molar-refractivity contribution is -0.111. The number of rotatable bonds is 7. The van der Waals surface area contributed by atoms with Crippen molar-refractivity contribution in [3.05, 3.63) is 90.3 Å². The molecule has 0 saturated heterocycles. The fraction of sp³-hybridized carbons (Fsp3) is 0.125. The summed E-state index contributed by atoms with van der Waals surface area (Å²) < 4.78 is 3.81. The number of aromatic nitrogens is 3. The number of carbonyl (C=O) groups excluding carboxylic acids is 1. The first kappa shape index (κ1) is 19.2. The average Bonchev–Trinajstić information content (AvgIpc) is 3.36. The number of anilines is 1. The molecule has 0 aliphatic heterocycles. The summed E-state index contributed by atoms with van der Waals surface area (Å²) in [7, 11) is 0. The van der Waals surface area contributed by atoms with Gasteiger partial charge in [0.05, 0.1) is 25.2 Å². The van der Waals surface area contributed by atoms with Crippen molar-refractivity contribution in [2.45, 2.75) is 19.5 Å². The zero-order chi connectivity index (χ0) is 20.8. The number of fused-ring (bicyclic) bond motifs is 1. The summed E-state index contributed by atoms with van der Waals surface area (Å²) in [6.45, 7) is 1.20. The second kappa shape index (κ2) is 8.93. The Morgan fingerprint density at radius 2 is 1.90 bits per heavy atom. The molecule has 0 unspecified atom stereocenters. The molecule has 2 aromatic carbocycles. The van der Waals surface area contributed by atoms with Crippen molar-refractivity contribution in [3.63, 3.8) is 0 Å². The minimum atomic E-state index is -0.223. The van der Waals surface area contributed by atoms with Gasteiger partial charge in [-0.1, -0.05) is 48.5 Å². The van der Waals surface area contributed by atoms with Crippen LogP contribution in [0, 0.1) is 11.3 Å². The summed E-state index contributed by atoms with van der Waals surface area (Å²) >= 11 is 0. The molecule has 0 bridgehead atoms. The second-order valence-electron chi connectivity index (χ2n) is 6.89. The van der Waals surface area contributed by atoms with Crippen molar-refractivity contribution in [2.75, 3.05) is 5.32 Å². The Labute approximate surface area is 174 Å². The Kier molecular flexibility index (Phi) is 5.72. The average molecular weight is 395 g/mol. The molecule has 2 aromatic heterocycles. The molecule has 0 fully saturated rings. The molecular formula is C24H21N5O. The van der Waals surface area contributed by atoms with Crippen molar-refractivity contribution in [3.8, 4) is 6.07 Å². The van der Waals surface area contributed by atoms with Gasteiger partial charge >= 0.3 is 0 Å². The van der Waals surface area contributed by atoms with E-state index in [1.54, 1.807) is 23.0 Å². The lowest BCUT2D eigenvalue weighted by Crippen LogP contribution is -2.13. The summed E-state index contributed by atoms with van der Waals surface area (Å²) in [5.41, 5.74) is 3.10. The summed E-state index contributed by atoms with van der Waals surface area (Å²) in [6, 6.07) is 21.9. The maximum absolute atomic E-state index is 12.5. The first-order valence-electron chi connectivity index (χ1n) is 9.74. The van der Waals surface area contributed by atoms with Gasteiger partial charge in [0.2, 0.25) is 5.91 Å². The molecule has 0 radical (unpaired) electrons. The predicted octanol–water partition coefficient (Wildman–Crippen LogP) is 4.45. The highest BCUT2D eigenvalue weighted by molar-refractivity contribution is 6.03. The van der Waals surface area contributed by atoms with Crippen molar-refractivity contribution < 1.29 is 4.79 Å². The van der Waals surface area contributed by atoms with Gasteiger partial charge in [-0.25, -0.2) is 4.68 Å². The van der Waals surface area contributed by atoms with Gasteiger partial charge in [0.1, 0.15) is 5.82 Å². The highest BCUT2D eigenvalue weighted by atomic mass is 16.1. The number of hydrogen-bond acceptors (Lipinski definition) is 3. The number of aryl methyl sites for hydroxylation is 1. The minimum absolute atomic E-state index is 0.223. The molecule has 0 aliphatic rings.